The summed E-state index contributed by atoms with van der Waals surface area (Å²) in [6, 6.07) is 5.48. The lowest BCUT2D eigenvalue weighted by atomic mass is 9.79. The van der Waals surface area contributed by atoms with Crippen molar-refractivity contribution in [3.05, 3.63) is 23.8 Å². The number of ether oxygens (including phenoxy) is 3. The first-order chi connectivity index (χ1) is 11.6. The van der Waals surface area contributed by atoms with Gasteiger partial charge in [0.2, 0.25) is 5.91 Å². The number of nitrogens with one attached hydrogen (secondary N) is 2. The third-order valence-electron chi connectivity index (χ3n) is 4.61. The molecule has 0 radical (unpaired) electrons. The molecule has 1 fully saturated rings. The zero-order valence-electron chi connectivity index (χ0n) is 14.8. The lowest BCUT2D eigenvalue weighted by Crippen LogP contribution is -2.47. The Morgan fingerprint density at radius 3 is 2.58 bits per heavy atom. The van der Waals surface area contributed by atoms with Crippen LogP contribution in [0.5, 0.6) is 11.5 Å². The van der Waals surface area contributed by atoms with E-state index in [1.54, 1.807) is 21.3 Å². The number of amides is 1. The molecule has 2 N–H and O–H groups in total. The van der Waals surface area contributed by atoms with Crippen molar-refractivity contribution in [1.82, 2.24) is 10.6 Å². The molecule has 24 heavy (non-hydrogen) atoms. The van der Waals surface area contributed by atoms with Gasteiger partial charge in [0.05, 0.1) is 27.2 Å². The fraction of sp³-hybridized carbons (Fsp3) is 0.611. The average molecular weight is 336 g/mol. The van der Waals surface area contributed by atoms with E-state index in [9.17, 15) is 4.79 Å². The summed E-state index contributed by atoms with van der Waals surface area (Å²) in [4.78, 5) is 12.4. The highest BCUT2D eigenvalue weighted by Crippen LogP contribution is 2.28. The Bertz CT molecular complexity index is 536. The summed E-state index contributed by atoms with van der Waals surface area (Å²) >= 11 is 0. The van der Waals surface area contributed by atoms with E-state index >= 15 is 0 Å². The van der Waals surface area contributed by atoms with Crippen molar-refractivity contribution in [2.24, 2.45) is 5.41 Å². The van der Waals surface area contributed by atoms with Gasteiger partial charge in [0.15, 0.2) is 0 Å². The van der Waals surface area contributed by atoms with Crippen LogP contribution in [0.25, 0.3) is 0 Å². The summed E-state index contributed by atoms with van der Waals surface area (Å²) in [5.41, 5.74) is 0.842. The summed E-state index contributed by atoms with van der Waals surface area (Å²) in [7, 11) is 4.93. The van der Waals surface area contributed by atoms with Gasteiger partial charge in [0.1, 0.15) is 11.5 Å². The van der Waals surface area contributed by atoms with Crippen molar-refractivity contribution in [3.8, 4) is 11.5 Å². The van der Waals surface area contributed by atoms with Crippen LogP contribution in [-0.2, 0) is 16.0 Å². The molecule has 6 heteroatoms. The van der Waals surface area contributed by atoms with E-state index < -0.39 is 0 Å². The van der Waals surface area contributed by atoms with Crippen LogP contribution >= 0.6 is 0 Å². The SMILES string of the molecule is COCC1(CNC(=O)Cc2cc(OC)ccc2OC)CCNCC1. The maximum atomic E-state index is 12.4. The number of carbonyl (C=O) groups excluding carboxylic acids is 1. The second-order valence-electron chi connectivity index (χ2n) is 6.31. The van der Waals surface area contributed by atoms with Gasteiger partial charge in [0, 0.05) is 24.6 Å². The third kappa shape index (κ3) is 4.85. The van der Waals surface area contributed by atoms with E-state index in [4.69, 9.17) is 14.2 Å². The Hall–Kier alpha value is -1.79. The van der Waals surface area contributed by atoms with Gasteiger partial charge in [-0.15, -0.1) is 0 Å². The largest absolute Gasteiger partial charge is 0.497 e. The van der Waals surface area contributed by atoms with Crippen molar-refractivity contribution in [3.63, 3.8) is 0 Å². The van der Waals surface area contributed by atoms with Crippen LogP contribution in [0.1, 0.15) is 18.4 Å². The molecule has 134 valence electrons. The van der Waals surface area contributed by atoms with E-state index in [1.165, 1.54) is 0 Å². The molecular formula is C18H28N2O4. The van der Waals surface area contributed by atoms with Gasteiger partial charge < -0.3 is 24.8 Å². The van der Waals surface area contributed by atoms with Crippen LogP contribution < -0.4 is 20.1 Å². The molecule has 1 aliphatic heterocycles. The van der Waals surface area contributed by atoms with Gasteiger partial charge in [0.25, 0.3) is 0 Å². The molecule has 1 heterocycles. The van der Waals surface area contributed by atoms with Crippen LogP contribution in [0.3, 0.4) is 0 Å². The highest BCUT2D eigenvalue weighted by molar-refractivity contribution is 5.79. The van der Waals surface area contributed by atoms with Crippen molar-refractivity contribution in [2.45, 2.75) is 19.3 Å². The molecule has 2 rings (SSSR count). The first kappa shape index (κ1) is 18.5. The minimum absolute atomic E-state index is 0.0180. The number of benzene rings is 1. The molecule has 1 aliphatic rings. The molecule has 0 saturated carbocycles. The molecule has 0 bridgehead atoms. The zero-order chi connectivity index (χ0) is 17.4. The Balaban J connectivity index is 1.97. The first-order valence-corrected chi connectivity index (χ1v) is 8.30. The quantitative estimate of drug-likeness (QED) is 0.751. The molecule has 0 atom stereocenters. The zero-order valence-corrected chi connectivity index (χ0v) is 14.8. The van der Waals surface area contributed by atoms with E-state index in [0.29, 0.717) is 24.7 Å². The first-order valence-electron chi connectivity index (χ1n) is 8.30. The Labute approximate surface area is 143 Å². The molecule has 1 saturated heterocycles. The average Bonchev–Trinajstić information content (AvgIpc) is 2.61. The Morgan fingerprint density at radius 2 is 1.96 bits per heavy atom. The Kier molecular flexibility index (Phi) is 6.87. The van der Waals surface area contributed by atoms with Crippen molar-refractivity contribution >= 4 is 5.91 Å². The van der Waals surface area contributed by atoms with Crippen LogP contribution in [0.15, 0.2) is 18.2 Å². The van der Waals surface area contributed by atoms with E-state index in [2.05, 4.69) is 10.6 Å². The van der Waals surface area contributed by atoms with E-state index in [1.807, 2.05) is 18.2 Å². The summed E-state index contributed by atoms with van der Waals surface area (Å²) in [6.45, 7) is 3.22. The molecule has 0 aromatic heterocycles. The van der Waals surface area contributed by atoms with Crippen LogP contribution in [0, 0.1) is 5.41 Å². The second-order valence-corrected chi connectivity index (χ2v) is 6.31. The molecular weight excluding hydrogens is 308 g/mol. The summed E-state index contributed by atoms with van der Waals surface area (Å²) in [6.07, 6.45) is 2.27. The minimum atomic E-state index is -0.0180. The highest BCUT2D eigenvalue weighted by atomic mass is 16.5. The normalized spacial score (nSPS) is 16.5. The number of hydrogen-bond acceptors (Lipinski definition) is 5. The van der Waals surface area contributed by atoms with Gasteiger partial charge in [-0.05, 0) is 44.1 Å². The fourth-order valence-electron chi connectivity index (χ4n) is 3.18. The second kappa shape index (κ2) is 8.89. The summed E-state index contributed by atoms with van der Waals surface area (Å²) < 4.78 is 15.9. The van der Waals surface area contributed by atoms with Gasteiger partial charge in [-0.3, -0.25) is 4.79 Å². The minimum Gasteiger partial charge on any atom is -0.497 e. The van der Waals surface area contributed by atoms with Gasteiger partial charge in [-0.1, -0.05) is 0 Å². The van der Waals surface area contributed by atoms with Crippen LogP contribution in [-0.4, -0.2) is 53.5 Å². The molecule has 6 nitrogen and oxygen atoms in total. The lowest BCUT2D eigenvalue weighted by Gasteiger charge is -2.37. The summed E-state index contributed by atoms with van der Waals surface area (Å²) in [5, 5.41) is 6.43. The molecule has 0 unspecified atom stereocenters. The van der Waals surface area contributed by atoms with Crippen molar-refractivity contribution in [1.29, 1.82) is 0 Å². The summed E-state index contributed by atoms with van der Waals surface area (Å²) in [5.74, 6) is 1.39. The molecule has 1 amide bonds. The lowest BCUT2D eigenvalue weighted by molar-refractivity contribution is -0.121. The fourth-order valence-corrected chi connectivity index (χ4v) is 3.18. The molecule has 0 spiro atoms. The van der Waals surface area contributed by atoms with Crippen molar-refractivity contribution in [2.75, 3.05) is 47.6 Å². The van der Waals surface area contributed by atoms with Gasteiger partial charge in [-0.25, -0.2) is 0 Å². The Morgan fingerprint density at radius 1 is 1.21 bits per heavy atom. The predicted octanol–water partition coefficient (Wildman–Crippen LogP) is 1.38. The van der Waals surface area contributed by atoms with E-state index in [-0.39, 0.29) is 17.7 Å². The highest BCUT2D eigenvalue weighted by Gasteiger charge is 2.32. The van der Waals surface area contributed by atoms with Crippen LogP contribution in [0.2, 0.25) is 0 Å². The molecule has 1 aromatic carbocycles. The number of carbonyl (C=O) groups is 1. The molecule has 1 aromatic rings. The monoisotopic (exact) mass is 336 g/mol. The maximum absolute atomic E-state index is 12.4. The van der Waals surface area contributed by atoms with Gasteiger partial charge in [-0.2, -0.15) is 0 Å². The number of rotatable bonds is 8. The topological polar surface area (TPSA) is 68.8 Å². The number of hydrogen-bond donors (Lipinski definition) is 2. The standard InChI is InChI=1S/C18H28N2O4/c1-22-13-18(6-8-19-9-7-18)12-20-17(21)11-14-10-15(23-2)4-5-16(14)24-3/h4-5,10,19H,6-9,11-13H2,1-3H3,(H,20,21). The predicted molar refractivity (Wildman–Crippen MR) is 92.7 cm³/mol. The van der Waals surface area contributed by atoms with Crippen molar-refractivity contribution < 1.29 is 19.0 Å². The number of methoxy groups -OCH3 is 3. The van der Waals surface area contributed by atoms with Crippen LogP contribution in [0.4, 0.5) is 0 Å². The van der Waals surface area contributed by atoms with Gasteiger partial charge >= 0.3 is 0 Å². The third-order valence-corrected chi connectivity index (χ3v) is 4.61. The maximum Gasteiger partial charge on any atom is 0.224 e. The molecule has 0 aliphatic carbocycles. The number of piperidine rings is 1. The van der Waals surface area contributed by atoms with E-state index in [0.717, 1.165) is 31.5 Å². The smallest absolute Gasteiger partial charge is 0.224 e.